The number of pyridine rings is 4. The molecular weight excluding hydrogens is 936 g/mol. The molecule has 0 unspecified atom stereocenters. The predicted molar refractivity (Wildman–Crippen MR) is 193 cm³/mol. The van der Waals surface area contributed by atoms with Crippen molar-refractivity contribution < 1.29 is 59.5 Å². The fraction of sp³-hybridized carbons (Fsp3) is 0.111. The summed E-state index contributed by atoms with van der Waals surface area (Å²) in [6.07, 6.45) is 8.01. The van der Waals surface area contributed by atoms with E-state index < -0.39 is 64.1 Å². The van der Waals surface area contributed by atoms with Gasteiger partial charge in [0.2, 0.25) is 0 Å². The number of H-pyrrole nitrogens is 4. The highest BCUT2D eigenvalue weighted by atomic mass is 79.9. The molecule has 0 radical (unpaired) electrons. The minimum atomic E-state index is -0.994. The average molecular weight is 964 g/mol. The first-order valence-electron chi connectivity index (χ1n) is 14.8. The minimum absolute atomic E-state index is 0.499. The van der Waals surface area contributed by atoms with Crippen molar-refractivity contribution in [2.75, 3.05) is 0 Å². The molecule has 0 atom stereocenters. The Morgan fingerprint density at radius 2 is 0.538 bits per heavy atom. The lowest BCUT2D eigenvalue weighted by atomic mass is 10.1. The van der Waals surface area contributed by atoms with Gasteiger partial charge >= 0.3 is 0 Å². The fourth-order valence-corrected chi connectivity index (χ4v) is 5.33. The third-order valence-electron chi connectivity index (χ3n) is 6.87. The molecule has 16 heteroatoms. The van der Waals surface area contributed by atoms with Gasteiger partial charge in [-0.05, 0) is 139 Å². The number of allylic oxidation sites excluding steroid dienone is 4. The van der Waals surface area contributed by atoms with Crippen LogP contribution in [0.3, 0.4) is 0 Å². The van der Waals surface area contributed by atoms with Gasteiger partial charge in [0.25, 0.3) is 22.8 Å². The van der Waals surface area contributed by atoms with Gasteiger partial charge in [0.15, 0.2) is 47.9 Å². The Bertz CT molecular complexity index is 1780. The normalized spacial score (nSPS) is 14.3. The minimum Gasteiger partial charge on any atom is -0.869 e. The molecule has 0 saturated carbocycles. The smallest absolute Gasteiger partial charge is 0.275 e. The summed E-state index contributed by atoms with van der Waals surface area (Å²) in [6.45, 7) is 8.27. The van der Waals surface area contributed by atoms with Gasteiger partial charge in [0.1, 0.15) is 0 Å². The number of ketones is 4. The van der Waals surface area contributed by atoms with Crippen LogP contribution in [0.5, 0.6) is 0 Å². The van der Waals surface area contributed by atoms with Crippen LogP contribution in [0, 0.1) is 27.7 Å². The zero-order valence-corrected chi connectivity index (χ0v) is 34.1. The molecule has 12 nitrogen and oxygen atoms in total. The van der Waals surface area contributed by atoms with Crippen molar-refractivity contribution in [2.45, 2.75) is 27.7 Å². The monoisotopic (exact) mass is 960 g/mol. The lowest BCUT2D eigenvalue weighted by Crippen LogP contribution is -2.30. The van der Waals surface area contributed by atoms with Gasteiger partial charge in [-0.2, -0.15) is 0 Å². The molecule has 4 aromatic rings. The summed E-state index contributed by atoms with van der Waals surface area (Å²) >= 11 is 10.3. The van der Waals surface area contributed by atoms with Gasteiger partial charge in [-0.3, -0.25) is 19.2 Å². The predicted octanol–water partition coefficient (Wildman–Crippen LogP) is 1.34. The van der Waals surface area contributed by atoms with E-state index >= 15 is 0 Å². The van der Waals surface area contributed by atoms with Crippen LogP contribution in [0.1, 0.15) is 22.3 Å². The Labute approximate surface area is 331 Å². The van der Waals surface area contributed by atoms with Crippen LogP contribution in [-0.4, -0.2) is 23.1 Å². The Balaban J connectivity index is 0.000000188. The van der Waals surface area contributed by atoms with Crippen molar-refractivity contribution in [3.8, 4) is 22.8 Å². The average Bonchev–Trinajstić information content (AvgIpc) is 3.15. The zero-order chi connectivity index (χ0) is 38.9. The number of halogens is 4. The number of rotatable bonds is 2. The van der Waals surface area contributed by atoms with E-state index in [9.17, 15) is 39.6 Å². The molecule has 4 aromatic heterocycles. The highest BCUT2D eigenvalue weighted by Crippen LogP contribution is 2.27. The molecule has 2 aliphatic carbocycles. The summed E-state index contributed by atoms with van der Waals surface area (Å²) in [7, 11) is 0. The van der Waals surface area contributed by atoms with E-state index in [2.05, 4.69) is 160 Å². The second-order valence-corrected chi connectivity index (χ2v) is 14.2. The fourth-order valence-electron chi connectivity index (χ4n) is 3.89. The summed E-state index contributed by atoms with van der Waals surface area (Å²) in [5, 5.41) is 43.3. The SMILES string of the molecule is Cc1ccc(-c2ccc(C)c[nH+]2)[nH+]c1.Cc1ccc(-c2ccc(C)c[nH+]2)[nH+]c1.O=C1C([O-])=C(Br)C(=O)C([O-])=C1Br.O=C1C([O-])=C(Br)C(=O)C([O-])=C1Br. The largest absolute Gasteiger partial charge is 0.869 e. The second kappa shape index (κ2) is 18.7. The van der Waals surface area contributed by atoms with E-state index in [0.29, 0.717) is 0 Å². The van der Waals surface area contributed by atoms with Gasteiger partial charge in [-0.25, -0.2) is 19.9 Å². The van der Waals surface area contributed by atoms with E-state index in [-0.39, 0.29) is 0 Å². The number of hydrogen-bond acceptors (Lipinski definition) is 8. The first-order chi connectivity index (χ1) is 24.4. The number of Topliss-reactive ketones (excluding diaryl/α,β-unsaturated/α-hetero) is 4. The van der Waals surface area contributed by atoms with Crippen LogP contribution in [0.2, 0.25) is 0 Å². The summed E-state index contributed by atoms with van der Waals surface area (Å²) in [5.41, 5.74) is 9.38. The zero-order valence-electron chi connectivity index (χ0n) is 27.7. The molecule has 52 heavy (non-hydrogen) atoms. The lowest BCUT2D eigenvalue weighted by molar-refractivity contribution is -0.402. The van der Waals surface area contributed by atoms with Gasteiger partial charge < -0.3 is 20.4 Å². The van der Waals surface area contributed by atoms with Gasteiger partial charge in [-0.15, -0.1) is 0 Å². The van der Waals surface area contributed by atoms with E-state index in [0.717, 1.165) is 22.8 Å². The summed E-state index contributed by atoms with van der Waals surface area (Å²) in [4.78, 5) is 56.3. The Morgan fingerprint density at radius 1 is 0.365 bits per heavy atom. The summed E-state index contributed by atoms with van der Waals surface area (Å²) in [6, 6.07) is 16.7. The van der Waals surface area contributed by atoms with E-state index in [1.165, 1.54) is 22.3 Å². The Kier molecular flexibility index (Phi) is 15.0. The molecular formula is C36H28Br4N4O8. The first kappa shape index (κ1) is 41.8. The second-order valence-electron chi connectivity index (χ2n) is 11.0. The van der Waals surface area contributed by atoms with Gasteiger partial charge in [0.05, 0.1) is 17.9 Å². The van der Waals surface area contributed by atoms with Crippen LogP contribution >= 0.6 is 63.7 Å². The maximum atomic E-state index is 10.8. The molecule has 2 aliphatic rings. The van der Waals surface area contributed by atoms with Crippen LogP contribution < -0.4 is 40.4 Å². The number of hydrogen-bond donors (Lipinski definition) is 0. The van der Waals surface area contributed by atoms with E-state index in [4.69, 9.17) is 0 Å². The number of carbonyl (C=O) groups is 4. The van der Waals surface area contributed by atoms with E-state index in [1.54, 1.807) is 0 Å². The number of carbonyl (C=O) groups excluding carboxylic acids is 4. The lowest BCUT2D eigenvalue weighted by Gasteiger charge is -2.23. The number of aromatic amines is 4. The number of aromatic nitrogens is 4. The summed E-state index contributed by atoms with van der Waals surface area (Å²) < 4.78 is -2.00. The van der Waals surface area contributed by atoms with E-state index in [1.807, 2.05) is 24.8 Å². The molecule has 0 aromatic carbocycles. The van der Waals surface area contributed by atoms with Gasteiger partial charge in [-0.1, -0.05) is 0 Å². The Morgan fingerprint density at radius 3 is 0.673 bits per heavy atom. The molecule has 0 fully saturated rings. The molecule has 0 spiro atoms. The molecule has 4 heterocycles. The maximum absolute atomic E-state index is 10.8. The van der Waals surface area contributed by atoms with Gasteiger partial charge in [0, 0.05) is 46.5 Å². The summed E-state index contributed by atoms with van der Waals surface area (Å²) in [5.74, 6) is -7.95. The topological polar surface area (TPSA) is 217 Å². The molecule has 268 valence electrons. The number of nitrogens with one attached hydrogen (secondary N) is 4. The first-order valence-corrected chi connectivity index (χ1v) is 18.0. The van der Waals surface area contributed by atoms with Crippen molar-refractivity contribution >= 4 is 86.9 Å². The highest BCUT2D eigenvalue weighted by Gasteiger charge is 2.23. The van der Waals surface area contributed by atoms with Crippen LogP contribution in [0.15, 0.2) is 114 Å². The third-order valence-corrected chi connectivity index (χ3v) is 9.75. The molecule has 0 bridgehead atoms. The number of aryl methyl sites for hydroxylation is 4. The quantitative estimate of drug-likeness (QED) is 0.267. The molecule has 6 rings (SSSR count). The third kappa shape index (κ3) is 10.7. The molecule has 0 saturated heterocycles. The van der Waals surface area contributed by atoms with Crippen LogP contribution in [-0.2, 0) is 19.2 Å². The van der Waals surface area contributed by atoms with Crippen LogP contribution in [0.25, 0.3) is 22.8 Å². The van der Waals surface area contributed by atoms with Crippen LogP contribution in [0.4, 0.5) is 0 Å². The molecule has 0 amide bonds. The highest BCUT2D eigenvalue weighted by molar-refractivity contribution is 9.12. The Hall–Kier alpha value is -4.64. The van der Waals surface area contributed by atoms with Crippen molar-refractivity contribution in [2.24, 2.45) is 0 Å². The maximum Gasteiger partial charge on any atom is 0.275 e. The molecule has 0 aliphatic heterocycles. The molecule has 4 N–H and O–H groups in total. The standard InChI is InChI=1S/2C12H12N2.2C6H2Br2O4/c2*1-9-3-5-11(13-7-9)12-6-4-10(2)8-14-12;2*7-1-3(9)5(11)2(8)6(12)4(1)10/h2*3-8H,1-2H3;2*9,12H. The van der Waals surface area contributed by atoms with Crippen molar-refractivity contribution in [1.82, 2.24) is 0 Å². The van der Waals surface area contributed by atoms with Crippen molar-refractivity contribution in [3.63, 3.8) is 0 Å². The van der Waals surface area contributed by atoms with Crippen molar-refractivity contribution in [1.29, 1.82) is 0 Å². The van der Waals surface area contributed by atoms with Crippen molar-refractivity contribution in [3.05, 3.63) is 137 Å².